The molecule has 1 saturated heterocycles. The number of anilines is 2. The van der Waals surface area contributed by atoms with Gasteiger partial charge in [-0.2, -0.15) is 0 Å². The number of para-hydroxylation sites is 1. The second-order valence-corrected chi connectivity index (χ2v) is 11.6. The molecule has 1 aliphatic heterocycles. The Hall–Kier alpha value is -1.92. The number of likely N-dealkylation sites (tertiary alicyclic amines) is 1. The average molecular weight is 454 g/mol. The molecule has 0 bridgehead atoms. The second kappa shape index (κ2) is 8.45. The van der Waals surface area contributed by atoms with E-state index in [4.69, 9.17) is 4.98 Å². The highest BCUT2D eigenvalue weighted by molar-refractivity contribution is 7.15. The van der Waals surface area contributed by atoms with Crippen LogP contribution in [0.3, 0.4) is 0 Å². The van der Waals surface area contributed by atoms with Crippen molar-refractivity contribution in [2.45, 2.75) is 64.9 Å². The predicted molar refractivity (Wildman–Crippen MR) is 129 cm³/mol. The molecule has 2 aliphatic carbocycles. The van der Waals surface area contributed by atoms with Crippen molar-refractivity contribution in [3.63, 3.8) is 0 Å². The first-order valence-electron chi connectivity index (χ1n) is 12.2. The molecule has 6 atom stereocenters. The molecule has 0 unspecified atom stereocenters. The van der Waals surface area contributed by atoms with Gasteiger partial charge in [0.1, 0.15) is 0 Å². The van der Waals surface area contributed by atoms with Crippen LogP contribution in [0.2, 0.25) is 0 Å². The standard InChI is InChI=1S/C26H35N3O2S/c1-16(24(31)29-13-7-8-14-29)19-11-12-26(3)15-20-22(17(2)21(26)23(19)30)28-25(32-20)27-18-9-5-4-6-10-18/h4-6,9-10,16-17,19,21,23,30H,7-8,11-15H2,1-3H3,(H,27,28)/t16-,17+,19-,21+,23-,26+/m0/s1. The molecule has 1 aromatic heterocycles. The summed E-state index contributed by atoms with van der Waals surface area (Å²) in [5.41, 5.74) is 2.23. The summed E-state index contributed by atoms with van der Waals surface area (Å²) in [5, 5.41) is 16.0. The quantitative estimate of drug-likeness (QED) is 0.668. The van der Waals surface area contributed by atoms with Crippen LogP contribution in [-0.2, 0) is 11.2 Å². The third-order valence-electron chi connectivity index (χ3n) is 8.40. The molecule has 1 saturated carbocycles. The molecule has 2 N–H and O–H groups in total. The first kappa shape index (κ1) is 21.9. The van der Waals surface area contributed by atoms with E-state index in [2.05, 4.69) is 31.3 Å². The molecule has 2 heterocycles. The van der Waals surface area contributed by atoms with E-state index in [0.717, 1.165) is 61.7 Å². The lowest BCUT2D eigenvalue weighted by atomic mass is 9.53. The van der Waals surface area contributed by atoms with Crippen molar-refractivity contribution in [2.75, 3.05) is 18.4 Å². The fourth-order valence-electron chi connectivity index (χ4n) is 6.65. The average Bonchev–Trinajstić information content (AvgIpc) is 3.43. The SMILES string of the molecule is C[C@H](C(=O)N1CCCC1)[C@@H]1CC[C@]2(C)Cc3sc(Nc4ccccc4)nc3[C@H](C)[C@@H]2[C@H]1O. The van der Waals surface area contributed by atoms with E-state index in [1.165, 1.54) is 4.88 Å². The van der Waals surface area contributed by atoms with E-state index >= 15 is 0 Å². The van der Waals surface area contributed by atoms with Crippen LogP contribution in [0.15, 0.2) is 30.3 Å². The number of aliphatic hydroxyl groups is 1. The Morgan fingerprint density at radius 3 is 2.72 bits per heavy atom. The fraction of sp³-hybridized carbons (Fsp3) is 0.615. The number of carbonyl (C=O) groups is 1. The van der Waals surface area contributed by atoms with Crippen LogP contribution < -0.4 is 5.32 Å². The van der Waals surface area contributed by atoms with Crippen LogP contribution in [0.5, 0.6) is 0 Å². The van der Waals surface area contributed by atoms with Crippen LogP contribution in [-0.4, -0.2) is 40.1 Å². The van der Waals surface area contributed by atoms with Crippen LogP contribution in [0, 0.1) is 23.2 Å². The molecule has 0 spiro atoms. The maximum absolute atomic E-state index is 13.1. The number of hydrogen-bond acceptors (Lipinski definition) is 5. The molecule has 5 rings (SSSR count). The summed E-state index contributed by atoms with van der Waals surface area (Å²) in [6, 6.07) is 10.2. The number of nitrogens with zero attached hydrogens (tertiary/aromatic N) is 2. The maximum Gasteiger partial charge on any atom is 0.225 e. The predicted octanol–water partition coefficient (Wildman–Crippen LogP) is 5.20. The van der Waals surface area contributed by atoms with Crippen LogP contribution in [0.4, 0.5) is 10.8 Å². The highest BCUT2D eigenvalue weighted by Crippen LogP contribution is 2.57. The molecule has 2 aromatic rings. The Labute approximate surface area is 195 Å². The molecule has 1 aromatic carbocycles. The zero-order valence-electron chi connectivity index (χ0n) is 19.4. The largest absolute Gasteiger partial charge is 0.392 e. The number of carbonyl (C=O) groups excluding carboxylic acids is 1. The fourth-order valence-corrected chi connectivity index (χ4v) is 7.94. The summed E-state index contributed by atoms with van der Waals surface area (Å²) in [4.78, 5) is 21.4. The van der Waals surface area contributed by atoms with Gasteiger partial charge in [-0.05, 0) is 61.5 Å². The Balaban J connectivity index is 1.37. The lowest BCUT2D eigenvalue weighted by Gasteiger charge is -2.53. The van der Waals surface area contributed by atoms with Crippen molar-refractivity contribution >= 4 is 28.1 Å². The van der Waals surface area contributed by atoms with Gasteiger partial charge in [-0.1, -0.05) is 39.0 Å². The number of fused-ring (bicyclic) bond motifs is 2. The zero-order chi connectivity index (χ0) is 22.5. The number of hydrogen-bond donors (Lipinski definition) is 2. The first-order valence-corrected chi connectivity index (χ1v) is 13.0. The maximum atomic E-state index is 13.1. The first-order chi connectivity index (χ1) is 15.4. The van der Waals surface area contributed by atoms with Gasteiger partial charge in [0.2, 0.25) is 5.91 Å². The van der Waals surface area contributed by atoms with E-state index in [1.54, 1.807) is 11.3 Å². The summed E-state index contributed by atoms with van der Waals surface area (Å²) in [6.07, 6.45) is 4.69. The van der Waals surface area contributed by atoms with E-state index in [0.29, 0.717) is 0 Å². The van der Waals surface area contributed by atoms with Gasteiger partial charge >= 0.3 is 0 Å². The van der Waals surface area contributed by atoms with Crippen molar-refractivity contribution in [2.24, 2.45) is 23.2 Å². The second-order valence-electron chi connectivity index (χ2n) is 10.5. The molecule has 1 amide bonds. The lowest BCUT2D eigenvalue weighted by Crippen LogP contribution is -2.53. The van der Waals surface area contributed by atoms with Gasteiger partial charge in [0.05, 0.1) is 11.8 Å². The molecule has 0 radical (unpaired) electrons. The molecule has 6 heteroatoms. The van der Waals surface area contributed by atoms with Crippen molar-refractivity contribution in [1.82, 2.24) is 9.88 Å². The van der Waals surface area contributed by atoms with Gasteiger partial charge in [-0.3, -0.25) is 4.79 Å². The third kappa shape index (κ3) is 3.75. The Kier molecular flexibility index (Phi) is 5.79. The van der Waals surface area contributed by atoms with Crippen molar-refractivity contribution in [1.29, 1.82) is 0 Å². The minimum Gasteiger partial charge on any atom is -0.392 e. The van der Waals surface area contributed by atoms with Crippen LogP contribution >= 0.6 is 11.3 Å². The van der Waals surface area contributed by atoms with Gasteiger partial charge in [-0.15, -0.1) is 11.3 Å². The van der Waals surface area contributed by atoms with E-state index < -0.39 is 6.10 Å². The Morgan fingerprint density at radius 1 is 1.28 bits per heavy atom. The summed E-state index contributed by atoms with van der Waals surface area (Å²) in [5.74, 6) is 0.465. The summed E-state index contributed by atoms with van der Waals surface area (Å²) in [7, 11) is 0. The van der Waals surface area contributed by atoms with Gasteiger partial charge in [0.15, 0.2) is 5.13 Å². The molecule has 5 nitrogen and oxygen atoms in total. The number of rotatable bonds is 4. The molecule has 172 valence electrons. The van der Waals surface area contributed by atoms with Gasteiger partial charge in [0, 0.05) is 35.5 Å². The van der Waals surface area contributed by atoms with Crippen molar-refractivity contribution in [3.8, 4) is 0 Å². The van der Waals surface area contributed by atoms with Gasteiger partial charge in [0.25, 0.3) is 0 Å². The van der Waals surface area contributed by atoms with E-state index in [-0.39, 0.29) is 35.0 Å². The highest BCUT2D eigenvalue weighted by atomic mass is 32.1. The minimum atomic E-state index is -0.467. The number of nitrogens with one attached hydrogen (secondary N) is 1. The van der Waals surface area contributed by atoms with Crippen LogP contribution in [0.25, 0.3) is 0 Å². The molecule has 32 heavy (non-hydrogen) atoms. The molecular formula is C26H35N3O2S. The Bertz CT molecular complexity index is 971. The smallest absolute Gasteiger partial charge is 0.225 e. The molecule has 3 aliphatic rings. The minimum absolute atomic E-state index is 0.0331. The monoisotopic (exact) mass is 453 g/mol. The summed E-state index contributed by atoms with van der Waals surface area (Å²) < 4.78 is 0. The summed E-state index contributed by atoms with van der Waals surface area (Å²) >= 11 is 1.75. The van der Waals surface area contributed by atoms with Gasteiger partial charge in [-0.25, -0.2) is 4.98 Å². The lowest BCUT2D eigenvalue weighted by molar-refractivity contribution is -0.143. The highest BCUT2D eigenvalue weighted by Gasteiger charge is 2.54. The van der Waals surface area contributed by atoms with Crippen molar-refractivity contribution < 1.29 is 9.90 Å². The number of aromatic nitrogens is 1. The topological polar surface area (TPSA) is 65.5 Å². The van der Waals surface area contributed by atoms with Crippen LogP contribution in [0.1, 0.15) is 62.9 Å². The number of benzene rings is 1. The van der Waals surface area contributed by atoms with Gasteiger partial charge < -0.3 is 15.3 Å². The molecule has 2 fully saturated rings. The normalized spacial score (nSPS) is 32.8. The third-order valence-corrected chi connectivity index (χ3v) is 9.38. The zero-order valence-corrected chi connectivity index (χ0v) is 20.2. The Morgan fingerprint density at radius 2 is 2.00 bits per heavy atom. The molecular weight excluding hydrogens is 418 g/mol. The number of amides is 1. The van der Waals surface area contributed by atoms with Crippen molar-refractivity contribution in [3.05, 3.63) is 40.9 Å². The number of aliphatic hydroxyl groups excluding tert-OH is 1. The number of thiazole rings is 1. The summed E-state index contributed by atoms with van der Waals surface area (Å²) in [6.45, 7) is 8.37. The van der Waals surface area contributed by atoms with E-state index in [1.807, 2.05) is 30.0 Å². The van der Waals surface area contributed by atoms with E-state index in [9.17, 15) is 9.90 Å².